The van der Waals surface area contributed by atoms with E-state index in [1.165, 1.54) is 43.3 Å². The third-order valence-electron chi connectivity index (χ3n) is 3.56. The summed E-state index contributed by atoms with van der Waals surface area (Å²) >= 11 is 0. The molecule has 0 aromatic heterocycles. The molecule has 0 radical (unpaired) electrons. The van der Waals surface area contributed by atoms with E-state index in [0.717, 1.165) is 11.8 Å². The van der Waals surface area contributed by atoms with Crippen molar-refractivity contribution in [2.75, 3.05) is 0 Å². The van der Waals surface area contributed by atoms with Gasteiger partial charge in [0.2, 0.25) is 0 Å². The summed E-state index contributed by atoms with van der Waals surface area (Å²) in [7, 11) is 0. The minimum atomic E-state index is 0.836. The zero-order valence-electron chi connectivity index (χ0n) is 10.1. The lowest BCUT2D eigenvalue weighted by molar-refractivity contribution is 0.382. The van der Waals surface area contributed by atoms with Crippen molar-refractivity contribution >= 4 is 0 Å². The predicted octanol–water partition coefficient (Wildman–Crippen LogP) is 4.65. The van der Waals surface area contributed by atoms with Crippen LogP contribution in [-0.2, 0) is 0 Å². The minimum absolute atomic E-state index is 0.836. The Balaban J connectivity index is 2.57. The summed E-state index contributed by atoms with van der Waals surface area (Å²) < 4.78 is 0. The van der Waals surface area contributed by atoms with Gasteiger partial charge in [-0.1, -0.05) is 19.6 Å². The zero-order chi connectivity index (χ0) is 11.3. The van der Waals surface area contributed by atoms with E-state index in [2.05, 4.69) is 38.5 Å². The topological polar surface area (TPSA) is 0 Å². The van der Waals surface area contributed by atoms with Gasteiger partial charge >= 0.3 is 0 Å². The second-order valence-corrected chi connectivity index (χ2v) is 4.77. The van der Waals surface area contributed by atoms with Crippen LogP contribution in [0, 0.1) is 11.8 Å². The van der Waals surface area contributed by atoms with Gasteiger partial charge in [-0.3, -0.25) is 0 Å². The molecule has 0 aromatic rings. The molecule has 0 nitrogen and oxygen atoms in total. The van der Waals surface area contributed by atoms with Gasteiger partial charge < -0.3 is 0 Å². The van der Waals surface area contributed by atoms with E-state index >= 15 is 0 Å². The second kappa shape index (κ2) is 5.81. The van der Waals surface area contributed by atoms with Crippen molar-refractivity contribution in [1.29, 1.82) is 0 Å². The second-order valence-electron chi connectivity index (χ2n) is 4.77. The van der Waals surface area contributed by atoms with E-state index in [-0.39, 0.29) is 0 Å². The molecule has 0 spiro atoms. The van der Waals surface area contributed by atoms with Crippen LogP contribution in [0.25, 0.3) is 0 Å². The molecule has 2 unspecified atom stereocenters. The summed E-state index contributed by atoms with van der Waals surface area (Å²) in [6.07, 6.45) is 6.48. The third kappa shape index (κ3) is 3.59. The van der Waals surface area contributed by atoms with Crippen molar-refractivity contribution in [3.63, 3.8) is 0 Å². The van der Waals surface area contributed by atoms with E-state index in [1.807, 2.05) is 0 Å². The summed E-state index contributed by atoms with van der Waals surface area (Å²) in [4.78, 5) is 0. The molecular weight excluding hydrogens is 180 g/mol. The average molecular weight is 202 g/mol. The fourth-order valence-corrected chi connectivity index (χ4v) is 2.58. The van der Waals surface area contributed by atoms with Crippen LogP contribution in [0.4, 0.5) is 0 Å². The first-order valence-electron chi connectivity index (χ1n) is 5.88. The van der Waals surface area contributed by atoms with Crippen LogP contribution in [0.15, 0.2) is 35.8 Å². The van der Waals surface area contributed by atoms with Crippen molar-refractivity contribution in [2.45, 2.75) is 46.0 Å². The average Bonchev–Trinajstić information content (AvgIpc) is 2.65. The molecule has 0 bridgehead atoms. The van der Waals surface area contributed by atoms with Gasteiger partial charge in [0.1, 0.15) is 0 Å². The molecule has 82 valence electrons. The molecule has 0 heterocycles. The van der Waals surface area contributed by atoms with E-state index in [1.54, 1.807) is 0 Å². The highest BCUT2D eigenvalue weighted by molar-refractivity contribution is 5.02. The van der Waals surface area contributed by atoms with Gasteiger partial charge in [0.15, 0.2) is 0 Å². The molecule has 1 rings (SSSR count). The highest BCUT2D eigenvalue weighted by Gasteiger charge is 2.27. The Bertz CT molecular complexity index is 277. The Morgan fingerprint density at radius 3 is 1.73 bits per heavy atom. The Hall–Kier alpha value is -0.960. The van der Waals surface area contributed by atoms with Crippen LogP contribution in [0.3, 0.4) is 0 Å². The maximum absolute atomic E-state index is 3.72. The Labute approximate surface area is 94.1 Å². The molecule has 2 atom stereocenters. The lowest BCUT2D eigenvalue weighted by Crippen LogP contribution is -2.08. The molecule has 0 aliphatic heterocycles. The van der Waals surface area contributed by atoms with Crippen LogP contribution in [0.5, 0.6) is 0 Å². The van der Waals surface area contributed by atoms with Crippen LogP contribution in [0.1, 0.15) is 46.0 Å². The lowest BCUT2D eigenvalue weighted by atomic mass is 9.86. The van der Waals surface area contributed by atoms with Gasteiger partial charge in [-0.2, -0.15) is 0 Å². The highest BCUT2D eigenvalue weighted by Crippen LogP contribution is 2.39. The number of allylic oxidation sites excluding steroid dienone is 2. The Morgan fingerprint density at radius 1 is 1.00 bits per heavy atom. The monoisotopic (exact) mass is 202 g/mol. The highest BCUT2D eigenvalue weighted by atomic mass is 14.3. The van der Waals surface area contributed by atoms with Crippen LogP contribution in [0.2, 0.25) is 0 Å². The molecule has 1 aliphatic rings. The summed E-state index contributed by atoms with van der Waals surface area (Å²) in [5.74, 6) is 1.67. The van der Waals surface area contributed by atoms with E-state index in [9.17, 15) is 0 Å². The van der Waals surface area contributed by atoms with Crippen LogP contribution >= 0.6 is 0 Å². The summed E-state index contributed by atoms with van der Waals surface area (Å²) in [6.45, 7) is 11.7. The molecule has 0 aromatic carbocycles. The van der Waals surface area contributed by atoms with Gasteiger partial charge in [-0.15, -0.1) is 11.5 Å². The van der Waals surface area contributed by atoms with E-state index in [0.29, 0.717) is 0 Å². The molecule has 15 heavy (non-hydrogen) atoms. The zero-order valence-corrected chi connectivity index (χ0v) is 10.1. The maximum atomic E-state index is 3.72. The van der Waals surface area contributed by atoms with Gasteiger partial charge in [0, 0.05) is 0 Å². The standard InChI is InChI=1S/C15H22/c1-5-12(3)10-14-8-7-9-15(14)11-13(4)6-2/h14-15H,1-2,7-11H2,3-4H3. The number of hydrogen-bond acceptors (Lipinski definition) is 0. The first-order chi connectivity index (χ1) is 7.17. The minimum Gasteiger partial charge on any atom is -0.130 e. The summed E-state index contributed by atoms with van der Waals surface area (Å²) in [6, 6.07) is 0. The number of rotatable bonds is 4. The van der Waals surface area contributed by atoms with Crippen LogP contribution in [-0.4, -0.2) is 0 Å². The molecule has 1 aliphatic carbocycles. The maximum Gasteiger partial charge on any atom is -0.0216 e. The van der Waals surface area contributed by atoms with Crippen molar-refractivity contribution in [3.8, 4) is 0 Å². The first-order valence-corrected chi connectivity index (χ1v) is 5.88. The largest absolute Gasteiger partial charge is 0.130 e. The van der Waals surface area contributed by atoms with Crippen molar-refractivity contribution in [2.24, 2.45) is 11.8 Å². The molecule has 1 fully saturated rings. The van der Waals surface area contributed by atoms with Gasteiger partial charge in [0.05, 0.1) is 0 Å². The van der Waals surface area contributed by atoms with E-state index in [4.69, 9.17) is 0 Å². The van der Waals surface area contributed by atoms with Crippen molar-refractivity contribution < 1.29 is 0 Å². The Kier molecular flexibility index (Phi) is 4.69. The molecule has 0 saturated heterocycles. The lowest BCUT2D eigenvalue weighted by Gasteiger charge is -2.19. The van der Waals surface area contributed by atoms with Crippen molar-refractivity contribution in [3.05, 3.63) is 35.8 Å². The fourth-order valence-electron chi connectivity index (χ4n) is 2.58. The molecule has 0 heteroatoms. The summed E-state index contributed by atoms with van der Waals surface area (Å²) in [5.41, 5.74) is 8.65. The van der Waals surface area contributed by atoms with Crippen molar-refractivity contribution in [1.82, 2.24) is 0 Å². The quantitative estimate of drug-likeness (QED) is 0.582. The molecular formula is C15H22. The molecule has 1 saturated carbocycles. The number of hydrogen-bond donors (Lipinski definition) is 0. The van der Waals surface area contributed by atoms with Gasteiger partial charge in [-0.05, 0) is 62.5 Å². The SMILES string of the molecule is C=C=C(C)CC1CCCC1CC(C)=C=C. The third-order valence-corrected chi connectivity index (χ3v) is 3.56. The summed E-state index contributed by atoms with van der Waals surface area (Å²) in [5, 5.41) is 0. The molecule has 0 N–H and O–H groups in total. The molecule has 0 amide bonds. The Morgan fingerprint density at radius 2 is 1.40 bits per heavy atom. The smallest absolute Gasteiger partial charge is 0.0216 e. The van der Waals surface area contributed by atoms with E-state index < -0.39 is 0 Å². The van der Waals surface area contributed by atoms with Crippen LogP contribution < -0.4 is 0 Å². The van der Waals surface area contributed by atoms with Gasteiger partial charge in [0.25, 0.3) is 0 Å². The normalized spacial score (nSPS) is 24.4. The predicted molar refractivity (Wildman–Crippen MR) is 66.7 cm³/mol. The first kappa shape index (κ1) is 12.1. The fraction of sp³-hybridized carbons (Fsp3) is 0.600. The van der Waals surface area contributed by atoms with Gasteiger partial charge in [-0.25, -0.2) is 0 Å².